The summed E-state index contributed by atoms with van der Waals surface area (Å²) in [6, 6.07) is 0. The quantitative estimate of drug-likeness (QED) is 0.465. The molecule has 1 nitrogen and oxygen atoms in total. The van der Waals surface area contributed by atoms with Crippen molar-refractivity contribution in [3.8, 4) is 0 Å². The first-order valence-electron chi connectivity index (χ1n) is 4.36. The van der Waals surface area contributed by atoms with Gasteiger partial charge in [0.1, 0.15) is 0 Å². The van der Waals surface area contributed by atoms with Gasteiger partial charge in [-0.25, -0.2) is 0 Å². The molecule has 0 N–H and O–H groups in total. The lowest BCUT2D eigenvalue weighted by molar-refractivity contribution is -0.798. The first kappa shape index (κ1) is 8.41. The predicted molar refractivity (Wildman–Crippen MR) is 48.0 cm³/mol. The zero-order chi connectivity index (χ0) is 7.45. The third-order valence-electron chi connectivity index (χ3n) is 2.29. The van der Waals surface area contributed by atoms with Crippen molar-refractivity contribution in [3.05, 3.63) is 0 Å². The Balaban J connectivity index is 2.32. The molecular weight excluding hydrogens is 142 g/mol. The Morgan fingerprint density at radius 2 is 1.80 bits per heavy atom. The van der Waals surface area contributed by atoms with E-state index in [1.54, 1.807) is 0 Å². The molecule has 2 heteroatoms. The zero-order valence-electron chi connectivity index (χ0n) is 6.84. The van der Waals surface area contributed by atoms with Gasteiger partial charge in [-0.05, 0) is 25.7 Å². The van der Waals surface area contributed by atoms with Crippen LogP contribution in [-0.2, 0) is 0 Å². The lowest BCUT2D eigenvalue weighted by atomic mass is 10.1. The number of hydrogen-bond acceptors (Lipinski definition) is 1. The van der Waals surface area contributed by atoms with Gasteiger partial charge in [-0.3, -0.25) is 3.89 Å². The highest BCUT2D eigenvalue weighted by Gasteiger charge is 2.24. The van der Waals surface area contributed by atoms with Gasteiger partial charge in [-0.15, -0.1) is 0 Å². The van der Waals surface area contributed by atoms with E-state index in [9.17, 15) is 0 Å². The highest BCUT2D eigenvalue weighted by Crippen LogP contribution is 2.21. The van der Waals surface area contributed by atoms with E-state index < -0.39 is 0 Å². The van der Waals surface area contributed by atoms with Crippen molar-refractivity contribution in [1.29, 1.82) is 0 Å². The van der Waals surface area contributed by atoms with Gasteiger partial charge in [0, 0.05) is 0 Å². The number of quaternary nitrogens is 1. The van der Waals surface area contributed by atoms with Gasteiger partial charge in [-0.2, -0.15) is 0 Å². The van der Waals surface area contributed by atoms with Crippen LogP contribution in [0.1, 0.15) is 32.6 Å². The maximum atomic E-state index is 4.67. The fourth-order valence-electron chi connectivity index (χ4n) is 1.74. The largest absolute Gasteiger partial charge is 0.264 e. The molecule has 0 radical (unpaired) electrons. The Bertz CT molecular complexity index is 91.9. The molecule has 1 aliphatic rings. The maximum Gasteiger partial charge on any atom is 0.0890 e. The van der Waals surface area contributed by atoms with Crippen molar-refractivity contribution in [2.75, 3.05) is 19.6 Å². The average Bonchev–Trinajstić information content (AvgIpc) is 1.89. The molecule has 1 aliphatic heterocycles. The summed E-state index contributed by atoms with van der Waals surface area (Å²) >= 11 is 4.67. The second-order valence-corrected chi connectivity index (χ2v) is 4.18. The van der Waals surface area contributed by atoms with Gasteiger partial charge < -0.3 is 0 Å². The summed E-state index contributed by atoms with van der Waals surface area (Å²) in [5, 5.41) is 0. The van der Waals surface area contributed by atoms with Crippen molar-refractivity contribution in [2.45, 2.75) is 32.6 Å². The molecule has 1 heterocycles. The number of piperidine rings is 1. The molecule has 0 aliphatic carbocycles. The van der Waals surface area contributed by atoms with E-state index in [0.717, 1.165) is 3.89 Å². The Kier molecular flexibility index (Phi) is 3.05. The number of thiol groups is 1. The lowest BCUT2D eigenvalue weighted by Crippen LogP contribution is -2.43. The van der Waals surface area contributed by atoms with Crippen LogP contribution >= 0.6 is 12.8 Å². The first-order chi connectivity index (χ1) is 4.77. The Morgan fingerprint density at radius 3 is 2.30 bits per heavy atom. The van der Waals surface area contributed by atoms with Crippen molar-refractivity contribution >= 4 is 12.8 Å². The number of rotatable bonds is 2. The summed E-state index contributed by atoms with van der Waals surface area (Å²) in [6.45, 7) is 6.07. The van der Waals surface area contributed by atoms with Crippen molar-refractivity contribution in [1.82, 2.24) is 0 Å². The third-order valence-corrected chi connectivity index (χ3v) is 2.89. The van der Waals surface area contributed by atoms with Crippen LogP contribution in [0.2, 0.25) is 0 Å². The molecule has 60 valence electrons. The van der Waals surface area contributed by atoms with E-state index in [1.807, 2.05) is 0 Å². The predicted octanol–water partition coefficient (Wildman–Crippen LogP) is 2.24. The summed E-state index contributed by atoms with van der Waals surface area (Å²) in [5.74, 6) is 0. The van der Waals surface area contributed by atoms with E-state index in [-0.39, 0.29) is 0 Å². The topological polar surface area (TPSA) is 0 Å². The summed E-state index contributed by atoms with van der Waals surface area (Å²) in [6.07, 6.45) is 5.45. The molecule has 1 fully saturated rings. The Labute approximate surface area is 69.5 Å². The highest BCUT2D eigenvalue weighted by atomic mass is 32.1. The molecule has 0 atom stereocenters. The second kappa shape index (κ2) is 3.63. The zero-order valence-corrected chi connectivity index (χ0v) is 7.74. The van der Waals surface area contributed by atoms with Crippen molar-refractivity contribution in [3.63, 3.8) is 0 Å². The number of nitrogens with zero attached hydrogens (tertiary/aromatic N) is 1. The minimum Gasteiger partial charge on any atom is -0.264 e. The molecule has 1 rings (SSSR count). The van der Waals surface area contributed by atoms with E-state index in [2.05, 4.69) is 19.7 Å². The maximum absolute atomic E-state index is 4.67. The van der Waals surface area contributed by atoms with Gasteiger partial charge in [0.15, 0.2) is 0 Å². The fourth-order valence-corrected chi connectivity index (χ4v) is 2.22. The second-order valence-electron chi connectivity index (χ2n) is 3.33. The molecule has 10 heavy (non-hydrogen) atoms. The molecule has 0 spiro atoms. The van der Waals surface area contributed by atoms with Crippen molar-refractivity contribution < 1.29 is 3.89 Å². The molecule has 0 aromatic heterocycles. The van der Waals surface area contributed by atoms with E-state index in [4.69, 9.17) is 0 Å². The van der Waals surface area contributed by atoms with Gasteiger partial charge in [0.05, 0.1) is 32.4 Å². The lowest BCUT2D eigenvalue weighted by Gasteiger charge is -2.34. The number of hydrogen-bond donors (Lipinski definition) is 1. The van der Waals surface area contributed by atoms with E-state index >= 15 is 0 Å². The van der Waals surface area contributed by atoms with E-state index in [1.165, 1.54) is 45.3 Å². The molecule has 0 aromatic carbocycles. The van der Waals surface area contributed by atoms with Crippen LogP contribution in [-0.4, -0.2) is 23.5 Å². The SMILES string of the molecule is CCC[N+]1(S)CCCCC1. The minimum absolute atomic E-state index is 1.04. The minimum atomic E-state index is 1.04. The molecule has 0 saturated carbocycles. The van der Waals surface area contributed by atoms with Gasteiger partial charge >= 0.3 is 0 Å². The Morgan fingerprint density at radius 1 is 1.20 bits per heavy atom. The monoisotopic (exact) mass is 160 g/mol. The standard InChI is InChI=1S/C8H18NS/c1-2-6-9(10)7-4-3-5-8-9/h10H,2-8H2,1H3/q+1. The van der Waals surface area contributed by atoms with Gasteiger partial charge in [-0.1, -0.05) is 6.92 Å². The highest BCUT2D eigenvalue weighted by molar-refractivity contribution is 7.74. The van der Waals surface area contributed by atoms with Gasteiger partial charge in [0.25, 0.3) is 0 Å². The van der Waals surface area contributed by atoms with Crippen LogP contribution in [0.5, 0.6) is 0 Å². The number of likely N-dealkylation sites (tertiary alicyclic amines) is 1. The van der Waals surface area contributed by atoms with E-state index in [0.29, 0.717) is 0 Å². The Hall–Kier alpha value is 0.310. The average molecular weight is 160 g/mol. The normalized spacial score (nSPS) is 24.6. The summed E-state index contributed by atoms with van der Waals surface area (Å²) in [4.78, 5) is 0. The van der Waals surface area contributed by atoms with Crippen molar-refractivity contribution in [2.24, 2.45) is 0 Å². The summed E-state index contributed by atoms with van der Waals surface area (Å²) in [5.41, 5.74) is 0. The molecule has 0 amide bonds. The molecule has 0 unspecified atom stereocenters. The molecular formula is C8H18NS+. The van der Waals surface area contributed by atoms with Crippen LogP contribution in [0.4, 0.5) is 0 Å². The van der Waals surface area contributed by atoms with Crippen LogP contribution < -0.4 is 0 Å². The molecule has 0 aromatic rings. The molecule has 0 bridgehead atoms. The smallest absolute Gasteiger partial charge is 0.0890 e. The van der Waals surface area contributed by atoms with Crippen LogP contribution in [0.15, 0.2) is 0 Å². The van der Waals surface area contributed by atoms with Crippen LogP contribution in [0.25, 0.3) is 0 Å². The van der Waals surface area contributed by atoms with Crippen LogP contribution in [0, 0.1) is 0 Å². The fraction of sp³-hybridized carbons (Fsp3) is 1.00. The first-order valence-corrected chi connectivity index (χ1v) is 4.76. The molecule has 1 saturated heterocycles. The third kappa shape index (κ3) is 2.17. The van der Waals surface area contributed by atoms with Gasteiger partial charge in [0.2, 0.25) is 0 Å². The van der Waals surface area contributed by atoms with Crippen LogP contribution in [0.3, 0.4) is 0 Å². The summed E-state index contributed by atoms with van der Waals surface area (Å²) < 4.78 is 1.04. The summed E-state index contributed by atoms with van der Waals surface area (Å²) in [7, 11) is 0.